The third-order valence-corrected chi connectivity index (χ3v) is 2.73. The largest absolute Gasteiger partial charge is 0.394 e. The topological polar surface area (TPSA) is 88.4 Å². The fourth-order valence-corrected chi connectivity index (χ4v) is 1.96. The van der Waals surface area contributed by atoms with Gasteiger partial charge in [-0.25, -0.2) is 0 Å². The molecule has 88 valence electrons. The summed E-state index contributed by atoms with van der Waals surface area (Å²) in [5, 5.41) is 28.3. The van der Waals surface area contributed by atoms with E-state index < -0.39 is 29.9 Å². The summed E-state index contributed by atoms with van der Waals surface area (Å²) in [5.41, 5.74) is 0. The van der Waals surface area contributed by atoms with Crippen LogP contribution in [0.15, 0.2) is 0 Å². The Hall–Kier alpha value is -0.240. The van der Waals surface area contributed by atoms with E-state index in [4.69, 9.17) is 19.3 Å². The van der Waals surface area contributed by atoms with Crippen LogP contribution in [0, 0.1) is 0 Å². The second-order valence-electron chi connectivity index (χ2n) is 4.38. The van der Waals surface area contributed by atoms with E-state index in [9.17, 15) is 10.2 Å². The molecule has 0 aromatic heterocycles. The van der Waals surface area contributed by atoms with Crippen molar-refractivity contribution in [2.45, 2.75) is 43.7 Å². The third kappa shape index (κ3) is 1.67. The van der Waals surface area contributed by atoms with Crippen LogP contribution >= 0.6 is 0 Å². The Bertz CT molecular complexity index is 255. The van der Waals surface area contributed by atoms with Gasteiger partial charge in [0.05, 0.1) is 6.61 Å². The van der Waals surface area contributed by atoms with Crippen molar-refractivity contribution in [2.24, 2.45) is 0 Å². The van der Waals surface area contributed by atoms with E-state index in [1.54, 1.807) is 13.8 Å². The highest BCUT2D eigenvalue weighted by Gasteiger charge is 2.61. The number of ether oxygens (including phenoxy) is 3. The Morgan fingerprint density at radius 3 is 2.40 bits per heavy atom. The Morgan fingerprint density at radius 2 is 2.00 bits per heavy atom. The van der Waals surface area contributed by atoms with Crippen LogP contribution in [-0.4, -0.2) is 58.4 Å². The average molecular weight is 220 g/mol. The van der Waals surface area contributed by atoms with E-state index >= 15 is 0 Å². The number of aliphatic hydroxyl groups excluding tert-OH is 3. The van der Waals surface area contributed by atoms with Gasteiger partial charge in [0.15, 0.2) is 5.79 Å². The van der Waals surface area contributed by atoms with Crippen LogP contribution in [0.2, 0.25) is 0 Å². The van der Waals surface area contributed by atoms with Gasteiger partial charge in [0.2, 0.25) is 5.79 Å². The van der Waals surface area contributed by atoms with Gasteiger partial charge in [-0.15, -0.1) is 0 Å². The van der Waals surface area contributed by atoms with Gasteiger partial charge in [-0.1, -0.05) is 0 Å². The molecule has 15 heavy (non-hydrogen) atoms. The summed E-state index contributed by atoms with van der Waals surface area (Å²) in [4.78, 5) is 0. The van der Waals surface area contributed by atoms with Gasteiger partial charge in [0.1, 0.15) is 24.9 Å². The maximum atomic E-state index is 9.79. The predicted molar refractivity (Wildman–Crippen MR) is 47.8 cm³/mol. The second-order valence-corrected chi connectivity index (χ2v) is 4.38. The summed E-state index contributed by atoms with van der Waals surface area (Å²) in [6.07, 6.45) is -3.21. The minimum Gasteiger partial charge on any atom is -0.394 e. The van der Waals surface area contributed by atoms with Crippen LogP contribution in [0.5, 0.6) is 0 Å². The first kappa shape index (κ1) is 11.3. The number of hydrogen-bond donors (Lipinski definition) is 3. The third-order valence-electron chi connectivity index (χ3n) is 2.73. The van der Waals surface area contributed by atoms with Crippen molar-refractivity contribution in [2.75, 3.05) is 13.2 Å². The van der Waals surface area contributed by atoms with E-state index in [1.165, 1.54) is 0 Å². The maximum absolute atomic E-state index is 9.79. The minimum atomic E-state index is -1.35. The van der Waals surface area contributed by atoms with Gasteiger partial charge < -0.3 is 29.5 Å². The molecule has 3 N–H and O–H groups in total. The molecule has 6 nitrogen and oxygen atoms in total. The lowest BCUT2D eigenvalue weighted by Gasteiger charge is -2.26. The molecule has 0 saturated carbocycles. The van der Waals surface area contributed by atoms with Crippen molar-refractivity contribution in [1.82, 2.24) is 0 Å². The summed E-state index contributed by atoms with van der Waals surface area (Å²) in [6, 6.07) is 0. The average Bonchev–Trinajstić information content (AvgIpc) is 2.60. The lowest BCUT2D eigenvalue weighted by atomic mass is 10.1. The molecule has 1 spiro atoms. The molecule has 2 heterocycles. The molecular weight excluding hydrogens is 204 g/mol. The summed E-state index contributed by atoms with van der Waals surface area (Å²) in [5.74, 6) is -2.21. The standard InChI is InChI=1S/C9H16O6/c1-8(2)13-4-9(15-8)7(12)6(11)5(3-10)14-9/h5-7,10-12H,3-4H2,1-2H3/t5-,6-,7+,9+/m0/s1. The van der Waals surface area contributed by atoms with Crippen molar-refractivity contribution < 1.29 is 29.5 Å². The SMILES string of the molecule is CC1(C)OC[C@@]2(O[C@@H](CO)[C@H](O)[C@H]2O)O1. The Balaban J connectivity index is 2.18. The molecule has 6 heteroatoms. The molecule has 0 aromatic carbocycles. The van der Waals surface area contributed by atoms with Crippen LogP contribution < -0.4 is 0 Å². The normalized spacial score (nSPS) is 49.0. The zero-order chi connectivity index (χ0) is 11.3. The molecule has 0 unspecified atom stereocenters. The van der Waals surface area contributed by atoms with Crippen molar-refractivity contribution in [3.05, 3.63) is 0 Å². The van der Waals surface area contributed by atoms with Gasteiger partial charge in [-0.05, 0) is 13.8 Å². The number of aliphatic hydroxyl groups is 3. The first-order valence-electron chi connectivity index (χ1n) is 4.89. The summed E-state index contributed by atoms with van der Waals surface area (Å²) < 4.78 is 16.1. The van der Waals surface area contributed by atoms with E-state index in [0.29, 0.717) is 0 Å². The molecule has 4 atom stereocenters. The van der Waals surface area contributed by atoms with Crippen LogP contribution in [-0.2, 0) is 14.2 Å². The molecule has 0 aliphatic carbocycles. The molecule has 2 fully saturated rings. The van der Waals surface area contributed by atoms with E-state index in [-0.39, 0.29) is 13.2 Å². The molecular formula is C9H16O6. The summed E-state index contributed by atoms with van der Waals surface area (Å²) in [7, 11) is 0. The molecule has 0 radical (unpaired) electrons. The molecule has 0 aromatic rings. The Morgan fingerprint density at radius 1 is 1.33 bits per heavy atom. The van der Waals surface area contributed by atoms with E-state index in [1.807, 2.05) is 0 Å². The highest BCUT2D eigenvalue weighted by atomic mass is 16.8. The molecule has 2 aliphatic rings. The fourth-order valence-electron chi connectivity index (χ4n) is 1.96. The summed E-state index contributed by atoms with van der Waals surface area (Å²) in [6.45, 7) is 3.05. The molecule has 0 amide bonds. The van der Waals surface area contributed by atoms with Gasteiger partial charge in [0, 0.05) is 0 Å². The first-order valence-corrected chi connectivity index (χ1v) is 4.89. The molecule has 2 aliphatic heterocycles. The number of hydrogen-bond acceptors (Lipinski definition) is 6. The molecule has 0 bridgehead atoms. The van der Waals surface area contributed by atoms with Crippen LogP contribution in [0.4, 0.5) is 0 Å². The van der Waals surface area contributed by atoms with Crippen LogP contribution in [0.3, 0.4) is 0 Å². The highest BCUT2D eigenvalue weighted by Crippen LogP contribution is 2.41. The van der Waals surface area contributed by atoms with Crippen LogP contribution in [0.1, 0.15) is 13.8 Å². The van der Waals surface area contributed by atoms with Gasteiger partial charge in [-0.3, -0.25) is 0 Å². The van der Waals surface area contributed by atoms with Crippen molar-refractivity contribution in [1.29, 1.82) is 0 Å². The zero-order valence-corrected chi connectivity index (χ0v) is 8.71. The lowest BCUT2D eigenvalue weighted by Crippen LogP contribution is -2.46. The maximum Gasteiger partial charge on any atom is 0.224 e. The Kier molecular flexibility index (Phi) is 2.53. The zero-order valence-electron chi connectivity index (χ0n) is 8.71. The van der Waals surface area contributed by atoms with Gasteiger partial charge in [0.25, 0.3) is 0 Å². The Labute approximate surface area is 87.4 Å². The van der Waals surface area contributed by atoms with E-state index in [0.717, 1.165) is 0 Å². The smallest absolute Gasteiger partial charge is 0.224 e. The van der Waals surface area contributed by atoms with Crippen molar-refractivity contribution in [3.63, 3.8) is 0 Å². The first-order chi connectivity index (χ1) is 6.90. The monoisotopic (exact) mass is 220 g/mol. The quantitative estimate of drug-likeness (QED) is 0.502. The lowest BCUT2D eigenvalue weighted by molar-refractivity contribution is -0.270. The fraction of sp³-hybridized carbons (Fsp3) is 1.00. The van der Waals surface area contributed by atoms with Gasteiger partial charge in [-0.2, -0.15) is 0 Å². The van der Waals surface area contributed by atoms with E-state index in [2.05, 4.69) is 0 Å². The predicted octanol–water partition coefficient (Wildman–Crippen LogP) is -1.42. The van der Waals surface area contributed by atoms with Crippen molar-refractivity contribution >= 4 is 0 Å². The van der Waals surface area contributed by atoms with Crippen LogP contribution in [0.25, 0.3) is 0 Å². The highest BCUT2D eigenvalue weighted by molar-refractivity contribution is 4.99. The summed E-state index contributed by atoms with van der Waals surface area (Å²) >= 11 is 0. The molecule has 2 rings (SSSR count). The van der Waals surface area contributed by atoms with Crippen molar-refractivity contribution in [3.8, 4) is 0 Å². The van der Waals surface area contributed by atoms with Gasteiger partial charge >= 0.3 is 0 Å². The minimum absolute atomic E-state index is 0.0364. The number of rotatable bonds is 1. The second kappa shape index (κ2) is 3.38. The molecule has 2 saturated heterocycles.